The van der Waals surface area contributed by atoms with Crippen molar-refractivity contribution in [2.45, 2.75) is 25.9 Å². The zero-order chi connectivity index (χ0) is 12.0. The quantitative estimate of drug-likeness (QED) is 0.809. The lowest BCUT2D eigenvalue weighted by atomic mass is 10.1. The van der Waals surface area contributed by atoms with Crippen LogP contribution in [0.15, 0.2) is 24.3 Å². The van der Waals surface area contributed by atoms with Crippen LogP contribution in [0.25, 0.3) is 0 Å². The van der Waals surface area contributed by atoms with Gasteiger partial charge in [-0.2, -0.15) is 0 Å². The first kappa shape index (κ1) is 12.6. The molecule has 0 aliphatic heterocycles. The van der Waals surface area contributed by atoms with E-state index in [4.69, 9.17) is 9.84 Å². The summed E-state index contributed by atoms with van der Waals surface area (Å²) in [5, 5.41) is 8.90. The molecule has 1 atom stereocenters. The molecule has 0 unspecified atom stereocenters. The van der Waals surface area contributed by atoms with Crippen LogP contribution in [0.1, 0.15) is 18.9 Å². The van der Waals surface area contributed by atoms with Crippen molar-refractivity contribution in [3.8, 4) is 0 Å². The van der Waals surface area contributed by atoms with Crippen molar-refractivity contribution < 1.29 is 19.0 Å². The topological polar surface area (TPSA) is 46.5 Å². The number of benzene rings is 1. The predicted octanol–water partition coefficient (Wildman–Crippen LogP) is 2.25. The van der Waals surface area contributed by atoms with Crippen molar-refractivity contribution in [2.24, 2.45) is 0 Å². The summed E-state index contributed by atoms with van der Waals surface area (Å²) < 4.78 is 18.4. The van der Waals surface area contributed by atoms with Gasteiger partial charge in [0, 0.05) is 13.0 Å². The van der Waals surface area contributed by atoms with Crippen LogP contribution in [0.4, 0.5) is 4.39 Å². The minimum atomic E-state index is -1.06. The molecule has 0 fully saturated rings. The maximum Gasteiger partial charge on any atom is 0.333 e. The zero-order valence-electron chi connectivity index (χ0n) is 9.15. The summed E-state index contributed by atoms with van der Waals surface area (Å²) in [7, 11) is 0. The molecule has 1 aromatic rings. The Morgan fingerprint density at radius 1 is 1.50 bits per heavy atom. The molecule has 0 aromatic heterocycles. The lowest BCUT2D eigenvalue weighted by Crippen LogP contribution is -2.27. The summed E-state index contributed by atoms with van der Waals surface area (Å²) in [5.41, 5.74) is 0.367. The molecule has 0 saturated carbocycles. The Labute approximate surface area is 93.9 Å². The number of rotatable bonds is 6. The Morgan fingerprint density at radius 3 is 2.75 bits per heavy atom. The molecular formula is C12H15FO3. The molecule has 0 heterocycles. The fourth-order valence-corrected chi connectivity index (χ4v) is 1.34. The smallest absolute Gasteiger partial charge is 0.333 e. The molecule has 0 aliphatic carbocycles. The monoisotopic (exact) mass is 226 g/mol. The van der Waals surface area contributed by atoms with Crippen LogP contribution >= 0.6 is 0 Å². The molecule has 0 saturated heterocycles. The molecule has 4 heteroatoms. The Kier molecular flexibility index (Phi) is 4.92. The molecule has 0 radical (unpaired) electrons. The van der Waals surface area contributed by atoms with Crippen LogP contribution in [0.5, 0.6) is 0 Å². The molecule has 0 amide bonds. The highest BCUT2D eigenvalue weighted by Crippen LogP contribution is 2.11. The average molecular weight is 226 g/mol. The molecule has 3 nitrogen and oxygen atoms in total. The van der Waals surface area contributed by atoms with Crippen molar-refractivity contribution >= 4 is 5.97 Å². The third kappa shape index (κ3) is 3.62. The van der Waals surface area contributed by atoms with Gasteiger partial charge in [0.2, 0.25) is 0 Å². The minimum Gasteiger partial charge on any atom is -0.479 e. The predicted molar refractivity (Wildman–Crippen MR) is 57.8 cm³/mol. The van der Waals surface area contributed by atoms with E-state index in [1.807, 2.05) is 6.92 Å². The second-order valence-corrected chi connectivity index (χ2v) is 3.49. The van der Waals surface area contributed by atoms with Crippen LogP contribution in [0, 0.1) is 5.82 Å². The average Bonchev–Trinajstić information content (AvgIpc) is 2.26. The first-order chi connectivity index (χ1) is 7.65. The molecule has 88 valence electrons. The van der Waals surface area contributed by atoms with Gasteiger partial charge in [-0.05, 0) is 18.1 Å². The summed E-state index contributed by atoms with van der Waals surface area (Å²) in [6, 6.07) is 6.13. The van der Waals surface area contributed by atoms with Gasteiger partial charge in [-0.15, -0.1) is 0 Å². The lowest BCUT2D eigenvalue weighted by Gasteiger charge is -2.13. The number of carboxylic acid groups (broad SMARTS) is 1. The van der Waals surface area contributed by atoms with Crippen LogP contribution < -0.4 is 0 Å². The molecule has 0 spiro atoms. The third-order valence-electron chi connectivity index (χ3n) is 2.16. The number of carbonyl (C=O) groups is 1. The maximum atomic E-state index is 13.3. The second-order valence-electron chi connectivity index (χ2n) is 3.49. The molecule has 0 bridgehead atoms. The van der Waals surface area contributed by atoms with Crippen molar-refractivity contribution in [2.75, 3.05) is 6.61 Å². The highest BCUT2D eigenvalue weighted by Gasteiger charge is 2.19. The highest BCUT2D eigenvalue weighted by atomic mass is 19.1. The van der Waals surface area contributed by atoms with Crippen molar-refractivity contribution in [3.63, 3.8) is 0 Å². The lowest BCUT2D eigenvalue weighted by molar-refractivity contribution is -0.150. The number of aliphatic carboxylic acids is 1. The van der Waals surface area contributed by atoms with Crippen LogP contribution in [-0.2, 0) is 16.0 Å². The molecule has 1 N–H and O–H groups in total. The number of hydrogen-bond acceptors (Lipinski definition) is 2. The van der Waals surface area contributed by atoms with E-state index in [1.165, 1.54) is 6.07 Å². The summed E-state index contributed by atoms with van der Waals surface area (Å²) >= 11 is 0. The normalized spacial score (nSPS) is 12.4. The SMILES string of the molecule is CCCO[C@@H](Cc1ccccc1F)C(=O)O. The van der Waals surface area contributed by atoms with Gasteiger partial charge in [0.15, 0.2) is 6.10 Å². The van der Waals surface area contributed by atoms with E-state index in [-0.39, 0.29) is 6.42 Å². The van der Waals surface area contributed by atoms with Crippen LogP contribution in [0.3, 0.4) is 0 Å². The first-order valence-corrected chi connectivity index (χ1v) is 5.23. The molecule has 1 rings (SSSR count). The Morgan fingerprint density at radius 2 is 2.19 bits per heavy atom. The number of carboxylic acids is 1. The van der Waals surface area contributed by atoms with Crippen molar-refractivity contribution in [1.29, 1.82) is 0 Å². The van der Waals surface area contributed by atoms with E-state index in [0.29, 0.717) is 12.2 Å². The standard InChI is InChI=1S/C12H15FO3/c1-2-7-16-11(12(14)15)8-9-5-3-4-6-10(9)13/h3-6,11H,2,7-8H2,1H3,(H,14,15)/t11-/m0/s1. The van der Waals surface area contributed by atoms with Gasteiger partial charge >= 0.3 is 5.97 Å². The maximum absolute atomic E-state index is 13.3. The summed E-state index contributed by atoms with van der Waals surface area (Å²) in [6.45, 7) is 2.26. The zero-order valence-corrected chi connectivity index (χ0v) is 9.15. The number of hydrogen-bond donors (Lipinski definition) is 1. The van der Waals surface area contributed by atoms with Gasteiger partial charge in [0.25, 0.3) is 0 Å². The Bertz CT molecular complexity index is 352. The minimum absolute atomic E-state index is 0.0575. The van der Waals surface area contributed by atoms with Gasteiger partial charge in [-0.1, -0.05) is 25.1 Å². The van der Waals surface area contributed by atoms with E-state index in [9.17, 15) is 9.18 Å². The second kappa shape index (κ2) is 6.23. The van der Waals surface area contributed by atoms with Crippen LogP contribution in [-0.4, -0.2) is 23.8 Å². The molecular weight excluding hydrogens is 211 g/mol. The highest BCUT2D eigenvalue weighted by molar-refractivity contribution is 5.72. The van der Waals surface area contributed by atoms with Gasteiger partial charge in [-0.25, -0.2) is 9.18 Å². The van der Waals surface area contributed by atoms with Crippen LogP contribution in [0.2, 0.25) is 0 Å². The Balaban J connectivity index is 2.68. The third-order valence-corrected chi connectivity index (χ3v) is 2.16. The van der Waals surface area contributed by atoms with Gasteiger partial charge < -0.3 is 9.84 Å². The fraction of sp³-hybridized carbons (Fsp3) is 0.417. The number of halogens is 1. The molecule has 1 aromatic carbocycles. The molecule has 16 heavy (non-hydrogen) atoms. The van der Waals surface area contributed by atoms with Crippen molar-refractivity contribution in [3.05, 3.63) is 35.6 Å². The van der Waals surface area contributed by atoms with E-state index in [0.717, 1.165) is 6.42 Å². The van der Waals surface area contributed by atoms with Crippen molar-refractivity contribution in [1.82, 2.24) is 0 Å². The van der Waals surface area contributed by atoms with E-state index < -0.39 is 17.9 Å². The van der Waals surface area contributed by atoms with Gasteiger partial charge in [0.05, 0.1) is 0 Å². The Hall–Kier alpha value is -1.42. The summed E-state index contributed by atoms with van der Waals surface area (Å²) in [4.78, 5) is 10.9. The van der Waals surface area contributed by atoms with E-state index in [1.54, 1.807) is 18.2 Å². The van der Waals surface area contributed by atoms with Gasteiger partial charge in [0.1, 0.15) is 5.82 Å². The summed E-state index contributed by atoms with van der Waals surface area (Å²) in [5.74, 6) is -1.45. The number of ether oxygens (including phenoxy) is 1. The first-order valence-electron chi connectivity index (χ1n) is 5.23. The van der Waals surface area contributed by atoms with E-state index >= 15 is 0 Å². The largest absolute Gasteiger partial charge is 0.479 e. The fourth-order valence-electron chi connectivity index (χ4n) is 1.34. The van der Waals surface area contributed by atoms with E-state index in [2.05, 4.69) is 0 Å². The molecule has 0 aliphatic rings. The van der Waals surface area contributed by atoms with Gasteiger partial charge in [-0.3, -0.25) is 0 Å². The summed E-state index contributed by atoms with van der Waals surface area (Å²) in [6.07, 6.45) is -0.180.